The molecule has 0 amide bonds. The zero-order valence-corrected chi connectivity index (χ0v) is 35.3. The summed E-state index contributed by atoms with van der Waals surface area (Å²) in [6.07, 6.45) is 39.0. The lowest BCUT2D eigenvalue weighted by Crippen LogP contribution is -2.59. The molecule has 57 heavy (non-hydrogen) atoms. The highest BCUT2D eigenvalue weighted by Gasteiger charge is 2.44. The Balaban J connectivity index is 2.38. The molecule has 0 aliphatic carbocycles. The number of unbranched alkanes of at least 4 members (excludes halogenated alkanes) is 12. The largest absolute Gasteiger partial charge is 0.462 e. The van der Waals surface area contributed by atoms with E-state index in [2.05, 4.69) is 86.8 Å². The molecule has 1 fully saturated rings. The molecule has 4 N–H and O–H groups in total. The van der Waals surface area contributed by atoms with Crippen LogP contribution in [0.2, 0.25) is 0 Å². The predicted octanol–water partition coefficient (Wildman–Crippen LogP) is 9.22. The van der Waals surface area contributed by atoms with Gasteiger partial charge in [-0.05, 0) is 83.5 Å². The first-order chi connectivity index (χ1) is 27.8. The smallest absolute Gasteiger partial charge is 0.306 e. The third-order valence-electron chi connectivity index (χ3n) is 9.58. The Hall–Kier alpha value is -2.86. The highest BCUT2D eigenvalue weighted by atomic mass is 16.7. The molecule has 6 unspecified atom stereocenters. The van der Waals surface area contributed by atoms with Gasteiger partial charge in [0.25, 0.3) is 0 Å². The van der Waals surface area contributed by atoms with Gasteiger partial charge in [-0.3, -0.25) is 9.59 Å². The van der Waals surface area contributed by atoms with Gasteiger partial charge in [0.05, 0.1) is 13.2 Å². The van der Waals surface area contributed by atoms with Gasteiger partial charge in [-0.15, -0.1) is 0 Å². The number of ether oxygens (including phenoxy) is 4. The van der Waals surface area contributed by atoms with E-state index in [1.54, 1.807) is 0 Å². The third kappa shape index (κ3) is 29.1. The summed E-state index contributed by atoms with van der Waals surface area (Å²) in [5, 5.41) is 40.1. The molecule has 10 heteroatoms. The van der Waals surface area contributed by atoms with Crippen LogP contribution in [-0.4, -0.2) is 89.0 Å². The van der Waals surface area contributed by atoms with Gasteiger partial charge < -0.3 is 39.4 Å². The van der Waals surface area contributed by atoms with Crippen molar-refractivity contribution in [3.8, 4) is 0 Å². The Morgan fingerprint density at radius 3 is 1.56 bits per heavy atom. The maximum absolute atomic E-state index is 12.8. The Bertz CT molecular complexity index is 1160. The van der Waals surface area contributed by atoms with E-state index in [-0.39, 0.29) is 26.1 Å². The molecule has 1 aliphatic rings. The SMILES string of the molecule is CC/C=C\C/C=C\C/C=C\C/C=C\CCCCCCC(=O)OC(COC(=O)CCCCCCC/C=C\C/C=C\CCCCC)COC1OC(CO)C(O)C(O)C1O. The van der Waals surface area contributed by atoms with Crippen LogP contribution in [0.5, 0.6) is 0 Å². The number of aliphatic hydroxyl groups is 4. The van der Waals surface area contributed by atoms with E-state index in [1.165, 1.54) is 25.7 Å². The number of hydrogen-bond donors (Lipinski definition) is 4. The van der Waals surface area contributed by atoms with Crippen LogP contribution in [0.3, 0.4) is 0 Å². The first-order valence-electron chi connectivity index (χ1n) is 22.0. The molecule has 1 rings (SSSR count). The van der Waals surface area contributed by atoms with Crippen LogP contribution >= 0.6 is 0 Å². The number of carbonyl (C=O) groups is 2. The van der Waals surface area contributed by atoms with Crippen LogP contribution in [-0.2, 0) is 28.5 Å². The summed E-state index contributed by atoms with van der Waals surface area (Å²) in [5.41, 5.74) is 0. The van der Waals surface area contributed by atoms with Crippen LogP contribution < -0.4 is 0 Å². The molecular weight excluding hydrogens is 725 g/mol. The van der Waals surface area contributed by atoms with Gasteiger partial charge in [-0.25, -0.2) is 0 Å². The second-order valence-corrected chi connectivity index (χ2v) is 14.8. The van der Waals surface area contributed by atoms with Crippen molar-refractivity contribution in [2.24, 2.45) is 0 Å². The Labute approximate surface area is 344 Å². The van der Waals surface area contributed by atoms with Crippen molar-refractivity contribution < 1.29 is 49.0 Å². The second-order valence-electron chi connectivity index (χ2n) is 14.8. The highest BCUT2D eigenvalue weighted by Crippen LogP contribution is 2.22. The molecule has 326 valence electrons. The van der Waals surface area contributed by atoms with Crippen LogP contribution in [0.1, 0.15) is 155 Å². The van der Waals surface area contributed by atoms with Crippen molar-refractivity contribution in [3.63, 3.8) is 0 Å². The highest BCUT2D eigenvalue weighted by molar-refractivity contribution is 5.70. The molecule has 1 saturated heterocycles. The normalized spacial score (nSPS) is 21.0. The van der Waals surface area contributed by atoms with E-state index >= 15 is 0 Å². The molecule has 0 saturated carbocycles. The van der Waals surface area contributed by atoms with Gasteiger partial charge in [0.1, 0.15) is 31.0 Å². The molecule has 10 nitrogen and oxygen atoms in total. The first-order valence-corrected chi connectivity index (χ1v) is 22.0. The fourth-order valence-corrected chi connectivity index (χ4v) is 6.09. The molecule has 6 atom stereocenters. The number of allylic oxidation sites excluding steroid dienone is 12. The zero-order chi connectivity index (χ0) is 41.6. The molecule has 0 aromatic carbocycles. The topological polar surface area (TPSA) is 152 Å². The van der Waals surface area contributed by atoms with E-state index in [9.17, 15) is 30.0 Å². The fraction of sp³-hybridized carbons (Fsp3) is 0.702. The van der Waals surface area contributed by atoms with E-state index in [4.69, 9.17) is 18.9 Å². The van der Waals surface area contributed by atoms with Gasteiger partial charge in [-0.2, -0.15) is 0 Å². The molecule has 0 aromatic rings. The minimum Gasteiger partial charge on any atom is -0.462 e. The van der Waals surface area contributed by atoms with Gasteiger partial charge >= 0.3 is 11.9 Å². The fourth-order valence-electron chi connectivity index (χ4n) is 6.09. The Kier molecular flexibility index (Phi) is 34.2. The standard InChI is InChI=1S/C47H78O10/c1-3-5-7-9-11-13-15-17-19-20-22-24-26-28-30-32-34-36-43(50)56-40(39-55-47-46(53)45(52)44(51)41(37-48)57-47)38-54-42(49)35-33-31-29-27-25-23-21-18-16-14-12-10-8-6-4-2/h5,7,11-14,17-19,21-22,24,40-41,44-48,51-53H,3-4,6,8-10,15-16,20,23,25-39H2,1-2H3/b7-5-,13-11-,14-12-,19-17-,21-18-,24-22-. The molecule has 0 radical (unpaired) electrons. The summed E-state index contributed by atoms with van der Waals surface area (Å²) in [5.74, 6) is -0.857. The van der Waals surface area contributed by atoms with E-state index in [0.717, 1.165) is 89.9 Å². The summed E-state index contributed by atoms with van der Waals surface area (Å²) in [7, 11) is 0. The number of esters is 2. The Morgan fingerprint density at radius 1 is 0.561 bits per heavy atom. The predicted molar refractivity (Wildman–Crippen MR) is 228 cm³/mol. The van der Waals surface area contributed by atoms with E-state index in [1.807, 2.05) is 0 Å². The van der Waals surface area contributed by atoms with Crippen LogP contribution in [0.25, 0.3) is 0 Å². The van der Waals surface area contributed by atoms with Gasteiger partial charge in [-0.1, -0.05) is 132 Å². The van der Waals surface area contributed by atoms with Crippen molar-refractivity contribution in [1.29, 1.82) is 0 Å². The van der Waals surface area contributed by atoms with Gasteiger partial charge in [0.2, 0.25) is 0 Å². The van der Waals surface area contributed by atoms with Crippen molar-refractivity contribution in [1.82, 2.24) is 0 Å². The summed E-state index contributed by atoms with van der Waals surface area (Å²) in [6.45, 7) is 3.22. The van der Waals surface area contributed by atoms with Crippen LogP contribution in [0.4, 0.5) is 0 Å². The van der Waals surface area contributed by atoms with E-state index in [0.29, 0.717) is 12.8 Å². The summed E-state index contributed by atoms with van der Waals surface area (Å²) in [6, 6.07) is 0. The maximum atomic E-state index is 12.8. The lowest BCUT2D eigenvalue weighted by atomic mass is 9.99. The number of aliphatic hydroxyl groups excluding tert-OH is 4. The lowest BCUT2D eigenvalue weighted by Gasteiger charge is -2.39. The number of rotatable bonds is 35. The third-order valence-corrected chi connectivity index (χ3v) is 9.58. The maximum Gasteiger partial charge on any atom is 0.306 e. The molecule has 0 spiro atoms. The summed E-state index contributed by atoms with van der Waals surface area (Å²) >= 11 is 0. The van der Waals surface area contributed by atoms with Crippen LogP contribution in [0.15, 0.2) is 72.9 Å². The first kappa shape index (κ1) is 52.2. The minimum atomic E-state index is -1.61. The molecule has 0 aromatic heterocycles. The molecule has 0 bridgehead atoms. The van der Waals surface area contributed by atoms with Gasteiger partial charge in [0.15, 0.2) is 12.4 Å². The van der Waals surface area contributed by atoms with Gasteiger partial charge in [0, 0.05) is 12.8 Å². The number of carbonyl (C=O) groups excluding carboxylic acids is 2. The Morgan fingerprint density at radius 2 is 1.04 bits per heavy atom. The summed E-state index contributed by atoms with van der Waals surface area (Å²) in [4.78, 5) is 25.3. The van der Waals surface area contributed by atoms with Crippen LogP contribution in [0, 0.1) is 0 Å². The van der Waals surface area contributed by atoms with E-state index < -0.39 is 55.4 Å². The van der Waals surface area contributed by atoms with Crippen molar-refractivity contribution in [2.45, 2.75) is 192 Å². The average Bonchev–Trinajstić information content (AvgIpc) is 3.21. The average molecular weight is 803 g/mol. The second kappa shape index (κ2) is 37.4. The zero-order valence-electron chi connectivity index (χ0n) is 35.3. The molecular formula is C47H78O10. The van der Waals surface area contributed by atoms with Crippen molar-refractivity contribution in [2.75, 3.05) is 19.8 Å². The lowest BCUT2D eigenvalue weighted by molar-refractivity contribution is -0.305. The molecule has 1 aliphatic heterocycles. The summed E-state index contributed by atoms with van der Waals surface area (Å²) < 4.78 is 22.1. The quantitative estimate of drug-likeness (QED) is 0.0277. The minimum absolute atomic E-state index is 0.195. The number of hydrogen-bond acceptors (Lipinski definition) is 10. The molecule has 1 heterocycles. The monoisotopic (exact) mass is 803 g/mol. The van der Waals surface area contributed by atoms with Crippen molar-refractivity contribution in [3.05, 3.63) is 72.9 Å². The van der Waals surface area contributed by atoms with Crippen molar-refractivity contribution >= 4 is 11.9 Å².